The molecule has 1 saturated carbocycles. The maximum absolute atomic E-state index is 14.7. The van der Waals surface area contributed by atoms with E-state index in [4.69, 9.17) is 0 Å². The van der Waals surface area contributed by atoms with Crippen molar-refractivity contribution < 1.29 is 9.18 Å². The van der Waals surface area contributed by atoms with Crippen LogP contribution in [0.4, 0.5) is 4.39 Å². The van der Waals surface area contributed by atoms with Gasteiger partial charge in [0, 0.05) is 23.8 Å². The number of carbonyl (C=O) groups excluding carboxylic acids is 1. The van der Waals surface area contributed by atoms with Crippen LogP contribution in [0, 0.1) is 5.82 Å². The highest BCUT2D eigenvalue weighted by molar-refractivity contribution is 7.98. The lowest BCUT2D eigenvalue weighted by atomic mass is 10.1. The summed E-state index contributed by atoms with van der Waals surface area (Å²) < 4.78 is 16.5. The van der Waals surface area contributed by atoms with Crippen molar-refractivity contribution in [3.8, 4) is 5.69 Å². The molecule has 1 aliphatic rings. The number of aromatic nitrogens is 3. The Kier molecular flexibility index (Phi) is 6.21. The van der Waals surface area contributed by atoms with Gasteiger partial charge in [0.1, 0.15) is 11.6 Å². The van der Waals surface area contributed by atoms with Crippen LogP contribution in [0.2, 0.25) is 0 Å². The minimum absolute atomic E-state index is 0.0263. The normalized spacial score (nSPS) is 13.1. The fourth-order valence-corrected chi connectivity index (χ4v) is 4.48. The average Bonchev–Trinajstić information content (AvgIpc) is 3.58. The Bertz CT molecular complexity index is 1250. The molecule has 3 aromatic carbocycles. The summed E-state index contributed by atoms with van der Waals surface area (Å²) in [6.07, 6.45) is 2.68. The van der Waals surface area contributed by atoms with Gasteiger partial charge in [-0.2, -0.15) is 0 Å². The highest BCUT2D eigenvalue weighted by Gasteiger charge is 2.23. The van der Waals surface area contributed by atoms with E-state index >= 15 is 0 Å². The van der Waals surface area contributed by atoms with Gasteiger partial charge >= 0.3 is 0 Å². The van der Waals surface area contributed by atoms with Crippen molar-refractivity contribution in [2.24, 2.45) is 0 Å². The number of carbonyl (C=O) groups is 1. The molecule has 33 heavy (non-hydrogen) atoms. The molecule has 1 fully saturated rings. The highest BCUT2D eigenvalue weighted by Crippen LogP contribution is 2.28. The van der Waals surface area contributed by atoms with Gasteiger partial charge in [-0.25, -0.2) is 4.39 Å². The Morgan fingerprint density at radius 2 is 1.67 bits per heavy atom. The van der Waals surface area contributed by atoms with E-state index in [-0.39, 0.29) is 11.7 Å². The second-order valence-electron chi connectivity index (χ2n) is 8.08. The summed E-state index contributed by atoms with van der Waals surface area (Å²) in [7, 11) is 0. The monoisotopic (exact) mass is 458 g/mol. The second kappa shape index (κ2) is 9.58. The van der Waals surface area contributed by atoms with Crippen LogP contribution in [0.1, 0.15) is 40.2 Å². The molecule has 0 radical (unpaired) electrons. The maximum atomic E-state index is 14.7. The summed E-state index contributed by atoms with van der Waals surface area (Å²) in [6.45, 7) is 0. The van der Waals surface area contributed by atoms with Crippen LogP contribution in [-0.2, 0) is 12.2 Å². The van der Waals surface area contributed by atoms with Gasteiger partial charge in [0.25, 0.3) is 5.91 Å². The van der Waals surface area contributed by atoms with Crippen molar-refractivity contribution in [3.63, 3.8) is 0 Å². The first kappa shape index (κ1) is 21.4. The summed E-state index contributed by atoms with van der Waals surface area (Å²) in [5.74, 6) is 0.963. The Morgan fingerprint density at radius 1 is 0.939 bits per heavy atom. The van der Waals surface area contributed by atoms with Crippen LogP contribution < -0.4 is 5.32 Å². The lowest BCUT2D eigenvalue weighted by Crippen LogP contribution is -2.25. The molecular weight excluding hydrogens is 435 g/mol. The van der Waals surface area contributed by atoms with Crippen LogP contribution >= 0.6 is 11.8 Å². The van der Waals surface area contributed by atoms with E-state index in [0.717, 1.165) is 24.0 Å². The molecule has 0 saturated heterocycles. The van der Waals surface area contributed by atoms with Crippen molar-refractivity contribution in [2.75, 3.05) is 0 Å². The molecule has 0 bridgehead atoms. The molecule has 0 unspecified atom stereocenters. The third-order valence-electron chi connectivity index (χ3n) is 5.50. The van der Waals surface area contributed by atoms with E-state index in [1.54, 1.807) is 16.7 Å². The summed E-state index contributed by atoms with van der Waals surface area (Å²) in [4.78, 5) is 12.2. The number of thioether (sulfide) groups is 1. The maximum Gasteiger partial charge on any atom is 0.251 e. The smallest absolute Gasteiger partial charge is 0.251 e. The van der Waals surface area contributed by atoms with Gasteiger partial charge in [-0.05, 0) is 48.2 Å². The van der Waals surface area contributed by atoms with Crippen LogP contribution in [0.15, 0.2) is 84.0 Å². The highest BCUT2D eigenvalue weighted by atomic mass is 32.2. The first-order valence-corrected chi connectivity index (χ1v) is 11.9. The molecular formula is C26H23FN4OS. The zero-order valence-electron chi connectivity index (χ0n) is 17.9. The van der Waals surface area contributed by atoms with Crippen molar-refractivity contribution >= 4 is 17.7 Å². The largest absolute Gasteiger partial charge is 0.349 e. The SMILES string of the molecule is O=C(NC1CC1)c1ccc(CSc2nnc(Cc3ccccc3)n2-c2ccccc2F)cc1. The molecule has 5 rings (SSSR count). The number of nitrogens with zero attached hydrogens (tertiary/aromatic N) is 3. The minimum Gasteiger partial charge on any atom is -0.349 e. The predicted molar refractivity (Wildman–Crippen MR) is 127 cm³/mol. The van der Waals surface area contributed by atoms with Gasteiger partial charge in [-0.15, -0.1) is 10.2 Å². The molecule has 7 heteroatoms. The van der Waals surface area contributed by atoms with Gasteiger partial charge in [0.05, 0.1) is 5.69 Å². The van der Waals surface area contributed by atoms with E-state index in [2.05, 4.69) is 15.5 Å². The summed E-state index contributed by atoms with van der Waals surface area (Å²) >= 11 is 1.49. The number of hydrogen-bond donors (Lipinski definition) is 1. The number of para-hydroxylation sites is 1. The first-order chi connectivity index (χ1) is 16.2. The average molecular weight is 459 g/mol. The Hall–Kier alpha value is -3.45. The van der Waals surface area contributed by atoms with E-state index < -0.39 is 0 Å². The predicted octanol–water partition coefficient (Wildman–Crippen LogP) is 5.18. The number of benzene rings is 3. The Morgan fingerprint density at radius 3 is 2.39 bits per heavy atom. The van der Waals surface area contributed by atoms with Crippen LogP contribution in [0.5, 0.6) is 0 Å². The molecule has 4 aromatic rings. The number of rotatable bonds is 8. The van der Waals surface area contributed by atoms with Crippen LogP contribution in [0.25, 0.3) is 5.69 Å². The van der Waals surface area contributed by atoms with Gasteiger partial charge in [-0.1, -0.05) is 66.4 Å². The third-order valence-corrected chi connectivity index (χ3v) is 6.50. The fraction of sp³-hybridized carbons (Fsp3) is 0.192. The summed E-state index contributed by atoms with van der Waals surface area (Å²) in [5.41, 5.74) is 3.23. The molecule has 1 heterocycles. The van der Waals surface area contributed by atoms with Gasteiger partial charge in [0.15, 0.2) is 5.16 Å². The topological polar surface area (TPSA) is 59.8 Å². The summed E-state index contributed by atoms with van der Waals surface area (Å²) in [6, 6.07) is 24.5. The van der Waals surface area contributed by atoms with E-state index in [9.17, 15) is 9.18 Å². The van der Waals surface area contributed by atoms with Gasteiger partial charge in [-0.3, -0.25) is 9.36 Å². The van der Waals surface area contributed by atoms with Crippen molar-refractivity contribution in [2.45, 2.75) is 36.2 Å². The van der Waals surface area contributed by atoms with Crippen LogP contribution in [0.3, 0.4) is 0 Å². The molecule has 0 spiro atoms. The van der Waals surface area contributed by atoms with Crippen molar-refractivity contribution in [3.05, 3.63) is 107 Å². The molecule has 1 N–H and O–H groups in total. The Balaban J connectivity index is 1.36. The molecule has 0 aliphatic heterocycles. The van der Waals surface area contributed by atoms with Crippen LogP contribution in [-0.4, -0.2) is 26.7 Å². The minimum atomic E-state index is -0.320. The zero-order valence-corrected chi connectivity index (χ0v) is 18.8. The molecule has 1 amide bonds. The lowest BCUT2D eigenvalue weighted by molar-refractivity contribution is 0.0951. The lowest BCUT2D eigenvalue weighted by Gasteiger charge is -2.11. The first-order valence-electron chi connectivity index (χ1n) is 10.9. The zero-order chi connectivity index (χ0) is 22.6. The van der Waals surface area contributed by atoms with E-state index in [1.807, 2.05) is 60.7 Å². The molecule has 1 aromatic heterocycles. The second-order valence-corrected chi connectivity index (χ2v) is 9.02. The molecule has 5 nitrogen and oxygen atoms in total. The summed E-state index contributed by atoms with van der Waals surface area (Å²) in [5, 5.41) is 12.4. The van der Waals surface area contributed by atoms with Crippen molar-refractivity contribution in [1.82, 2.24) is 20.1 Å². The van der Waals surface area contributed by atoms with E-state index in [1.165, 1.54) is 17.8 Å². The van der Waals surface area contributed by atoms with Crippen molar-refractivity contribution in [1.29, 1.82) is 0 Å². The number of hydrogen-bond acceptors (Lipinski definition) is 4. The molecule has 166 valence electrons. The van der Waals surface area contributed by atoms with E-state index in [0.29, 0.717) is 40.4 Å². The Labute approximate surface area is 196 Å². The number of halogens is 1. The fourth-order valence-electron chi connectivity index (χ4n) is 3.56. The quantitative estimate of drug-likeness (QED) is 0.370. The molecule has 0 atom stereocenters. The number of amides is 1. The van der Waals surface area contributed by atoms with Gasteiger partial charge < -0.3 is 5.32 Å². The van der Waals surface area contributed by atoms with Gasteiger partial charge in [0.2, 0.25) is 0 Å². The number of nitrogens with one attached hydrogen (secondary N) is 1. The standard InChI is InChI=1S/C26H23FN4OS/c27-22-8-4-5-9-23(22)31-24(16-18-6-2-1-3-7-18)29-30-26(31)33-17-19-10-12-20(13-11-19)25(32)28-21-14-15-21/h1-13,21H,14-17H2,(H,28,32). The third kappa shape index (κ3) is 5.14. The molecule has 1 aliphatic carbocycles.